The summed E-state index contributed by atoms with van der Waals surface area (Å²) in [5.74, 6) is 0.363. The number of carbonyl (C=O) groups excluding carboxylic acids is 2. The molecule has 0 atom stereocenters. The lowest BCUT2D eigenvalue weighted by Gasteiger charge is -2.33. The Hall–Kier alpha value is -1.40. The molecule has 0 bridgehead atoms. The number of thiophene rings is 1. The normalized spacial score (nSPS) is 20.4. The van der Waals surface area contributed by atoms with Crippen LogP contribution in [0.2, 0.25) is 0 Å². The molecule has 0 spiro atoms. The monoisotopic (exact) mass is 335 g/mol. The van der Waals surface area contributed by atoms with E-state index >= 15 is 0 Å². The highest BCUT2D eigenvalue weighted by Crippen LogP contribution is 2.20. The molecule has 3 heterocycles. The van der Waals surface area contributed by atoms with Gasteiger partial charge in [0, 0.05) is 37.0 Å². The topological polar surface area (TPSA) is 52.7 Å². The zero-order valence-corrected chi connectivity index (χ0v) is 14.3. The molecular formula is C17H25N3O2S. The van der Waals surface area contributed by atoms with Gasteiger partial charge in [-0.15, -0.1) is 11.3 Å². The summed E-state index contributed by atoms with van der Waals surface area (Å²) < 4.78 is 0. The van der Waals surface area contributed by atoms with Crippen LogP contribution in [0.25, 0.3) is 0 Å². The zero-order chi connectivity index (χ0) is 16.1. The van der Waals surface area contributed by atoms with E-state index in [-0.39, 0.29) is 17.7 Å². The van der Waals surface area contributed by atoms with Gasteiger partial charge < -0.3 is 4.90 Å². The van der Waals surface area contributed by atoms with Crippen LogP contribution in [0, 0.1) is 5.92 Å². The second-order valence-electron chi connectivity index (χ2n) is 6.43. The third-order valence-corrected chi connectivity index (χ3v) is 5.62. The average Bonchev–Trinajstić information content (AvgIpc) is 3.09. The van der Waals surface area contributed by atoms with Crippen LogP contribution in [0.4, 0.5) is 0 Å². The summed E-state index contributed by atoms with van der Waals surface area (Å²) in [7, 11) is 0. The van der Waals surface area contributed by atoms with Crippen molar-refractivity contribution in [1.82, 2.24) is 15.3 Å². The molecular weight excluding hydrogens is 310 g/mol. The molecule has 23 heavy (non-hydrogen) atoms. The predicted molar refractivity (Wildman–Crippen MR) is 90.9 cm³/mol. The maximum atomic E-state index is 12.3. The average molecular weight is 335 g/mol. The van der Waals surface area contributed by atoms with Crippen molar-refractivity contribution in [2.45, 2.75) is 38.5 Å². The summed E-state index contributed by atoms with van der Waals surface area (Å²) in [5.41, 5.74) is 3.06. The van der Waals surface area contributed by atoms with Crippen LogP contribution in [0.1, 0.15) is 37.0 Å². The Kier molecular flexibility index (Phi) is 5.67. The molecule has 3 rings (SSSR count). The molecule has 0 radical (unpaired) electrons. The van der Waals surface area contributed by atoms with E-state index in [0.29, 0.717) is 19.5 Å². The number of hydrazine groups is 1. The molecule has 1 aromatic heterocycles. The van der Waals surface area contributed by atoms with Gasteiger partial charge in [-0.2, -0.15) is 0 Å². The molecule has 5 nitrogen and oxygen atoms in total. The quantitative estimate of drug-likeness (QED) is 0.916. The van der Waals surface area contributed by atoms with Crippen LogP contribution >= 0.6 is 11.3 Å². The summed E-state index contributed by atoms with van der Waals surface area (Å²) in [4.78, 5) is 27.6. The van der Waals surface area contributed by atoms with Crippen LogP contribution in [-0.2, 0) is 16.0 Å². The Morgan fingerprint density at radius 1 is 1.13 bits per heavy atom. The van der Waals surface area contributed by atoms with Crippen molar-refractivity contribution in [2.24, 2.45) is 5.92 Å². The number of rotatable bonds is 4. The number of nitrogens with one attached hydrogen (secondary N) is 1. The van der Waals surface area contributed by atoms with E-state index in [1.807, 2.05) is 22.4 Å². The molecule has 2 aliphatic rings. The van der Waals surface area contributed by atoms with E-state index in [4.69, 9.17) is 0 Å². The van der Waals surface area contributed by atoms with Crippen LogP contribution in [0.15, 0.2) is 17.5 Å². The summed E-state index contributed by atoms with van der Waals surface area (Å²) in [6, 6.07) is 3.98. The fourth-order valence-electron chi connectivity index (χ4n) is 3.32. The molecule has 1 aromatic rings. The van der Waals surface area contributed by atoms with Gasteiger partial charge in [-0.05, 0) is 37.1 Å². The number of piperidine rings is 2. The first kappa shape index (κ1) is 16.5. The molecule has 0 aromatic carbocycles. The Balaban J connectivity index is 1.42. The Labute approximate surface area is 141 Å². The number of nitrogens with zero attached hydrogens (tertiary/aromatic N) is 2. The van der Waals surface area contributed by atoms with Crippen molar-refractivity contribution in [2.75, 3.05) is 26.2 Å². The van der Waals surface area contributed by atoms with Gasteiger partial charge in [0.2, 0.25) is 11.8 Å². The van der Waals surface area contributed by atoms with Crippen molar-refractivity contribution in [3.8, 4) is 0 Å². The van der Waals surface area contributed by atoms with Gasteiger partial charge in [-0.25, -0.2) is 5.01 Å². The minimum Gasteiger partial charge on any atom is -0.342 e. The molecule has 0 saturated carbocycles. The Morgan fingerprint density at radius 3 is 2.52 bits per heavy atom. The molecule has 1 N–H and O–H groups in total. The number of amides is 2. The molecule has 6 heteroatoms. The molecule has 2 aliphatic heterocycles. The summed E-state index contributed by atoms with van der Waals surface area (Å²) in [6.45, 7) is 3.32. The second-order valence-corrected chi connectivity index (χ2v) is 7.47. The SMILES string of the molecule is O=C(NN1CCCCC1)C1CCN(C(=O)Cc2cccs2)CC1. The van der Waals surface area contributed by atoms with Crippen molar-refractivity contribution in [1.29, 1.82) is 0 Å². The number of likely N-dealkylation sites (tertiary alicyclic amines) is 1. The molecule has 126 valence electrons. The Morgan fingerprint density at radius 2 is 1.87 bits per heavy atom. The maximum absolute atomic E-state index is 12.3. The van der Waals surface area contributed by atoms with Gasteiger partial charge in [0.25, 0.3) is 0 Å². The first-order valence-electron chi connectivity index (χ1n) is 8.58. The van der Waals surface area contributed by atoms with Crippen LogP contribution in [-0.4, -0.2) is 47.9 Å². The van der Waals surface area contributed by atoms with Gasteiger partial charge in [0.1, 0.15) is 0 Å². The van der Waals surface area contributed by atoms with E-state index in [0.717, 1.165) is 43.6 Å². The molecule has 2 amide bonds. The first-order chi connectivity index (χ1) is 11.2. The van der Waals surface area contributed by atoms with E-state index in [1.165, 1.54) is 6.42 Å². The van der Waals surface area contributed by atoms with E-state index in [9.17, 15) is 9.59 Å². The number of hydrogen-bond donors (Lipinski definition) is 1. The minimum atomic E-state index is 0.0442. The van der Waals surface area contributed by atoms with Crippen molar-refractivity contribution < 1.29 is 9.59 Å². The third kappa shape index (κ3) is 4.54. The number of hydrogen-bond acceptors (Lipinski definition) is 4. The maximum Gasteiger partial charge on any atom is 0.237 e. The minimum absolute atomic E-state index is 0.0442. The van der Waals surface area contributed by atoms with Gasteiger partial charge in [0.05, 0.1) is 6.42 Å². The van der Waals surface area contributed by atoms with E-state index < -0.39 is 0 Å². The highest BCUT2D eigenvalue weighted by Gasteiger charge is 2.28. The fraction of sp³-hybridized carbons (Fsp3) is 0.647. The van der Waals surface area contributed by atoms with Gasteiger partial charge in [0.15, 0.2) is 0 Å². The lowest BCUT2D eigenvalue weighted by Crippen LogP contribution is -2.50. The predicted octanol–water partition coefficient (Wildman–Crippen LogP) is 2.05. The third-order valence-electron chi connectivity index (χ3n) is 4.75. The number of carbonyl (C=O) groups is 2. The van der Waals surface area contributed by atoms with E-state index in [1.54, 1.807) is 11.3 Å². The highest BCUT2D eigenvalue weighted by molar-refractivity contribution is 7.10. The highest BCUT2D eigenvalue weighted by atomic mass is 32.1. The second kappa shape index (κ2) is 7.93. The Bertz CT molecular complexity index is 518. The standard InChI is InChI=1S/C17H25N3O2S/c21-16(13-15-5-4-12-23-15)19-10-6-14(7-11-19)17(22)18-20-8-2-1-3-9-20/h4-5,12,14H,1-3,6-11,13H2,(H,18,22). The zero-order valence-electron chi connectivity index (χ0n) is 13.5. The van der Waals surface area contributed by atoms with Crippen molar-refractivity contribution >= 4 is 23.2 Å². The van der Waals surface area contributed by atoms with Crippen molar-refractivity contribution in [3.63, 3.8) is 0 Å². The summed E-state index contributed by atoms with van der Waals surface area (Å²) in [6.07, 6.45) is 5.62. The van der Waals surface area contributed by atoms with Crippen LogP contribution in [0.3, 0.4) is 0 Å². The van der Waals surface area contributed by atoms with Crippen molar-refractivity contribution in [3.05, 3.63) is 22.4 Å². The fourth-order valence-corrected chi connectivity index (χ4v) is 4.01. The largest absolute Gasteiger partial charge is 0.342 e. The van der Waals surface area contributed by atoms with E-state index in [2.05, 4.69) is 10.4 Å². The lowest BCUT2D eigenvalue weighted by molar-refractivity contribution is -0.137. The molecule has 0 unspecified atom stereocenters. The van der Waals surface area contributed by atoms with Gasteiger partial charge in [-0.3, -0.25) is 15.0 Å². The first-order valence-corrected chi connectivity index (χ1v) is 9.46. The molecule has 2 fully saturated rings. The lowest BCUT2D eigenvalue weighted by atomic mass is 9.96. The van der Waals surface area contributed by atoms with Gasteiger partial charge in [-0.1, -0.05) is 12.5 Å². The molecule has 0 aliphatic carbocycles. The summed E-state index contributed by atoms with van der Waals surface area (Å²) >= 11 is 1.62. The molecule has 2 saturated heterocycles. The van der Waals surface area contributed by atoms with Crippen LogP contribution in [0.5, 0.6) is 0 Å². The van der Waals surface area contributed by atoms with Crippen LogP contribution < -0.4 is 5.43 Å². The van der Waals surface area contributed by atoms with Gasteiger partial charge >= 0.3 is 0 Å². The summed E-state index contributed by atoms with van der Waals surface area (Å²) in [5, 5.41) is 4.06. The smallest absolute Gasteiger partial charge is 0.237 e.